The highest BCUT2D eigenvalue weighted by molar-refractivity contribution is 6.30. The van der Waals surface area contributed by atoms with Crippen LogP contribution >= 0.6 is 11.6 Å². The Kier molecular flexibility index (Phi) is 8.42. The lowest BCUT2D eigenvalue weighted by Crippen LogP contribution is -2.30. The summed E-state index contributed by atoms with van der Waals surface area (Å²) < 4.78 is 16.2. The van der Waals surface area contributed by atoms with E-state index in [0.717, 1.165) is 11.3 Å². The third-order valence-corrected chi connectivity index (χ3v) is 5.64. The second-order valence-electron chi connectivity index (χ2n) is 7.94. The summed E-state index contributed by atoms with van der Waals surface area (Å²) in [5, 5.41) is 6.68. The lowest BCUT2D eigenvalue weighted by molar-refractivity contribution is -0.123. The summed E-state index contributed by atoms with van der Waals surface area (Å²) >= 11 is 5.85. The van der Waals surface area contributed by atoms with Crippen LogP contribution in [0.1, 0.15) is 6.42 Å². The lowest BCUT2D eigenvalue weighted by atomic mass is 10.1. The second-order valence-corrected chi connectivity index (χ2v) is 8.37. The van der Waals surface area contributed by atoms with Gasteiger partial charge in [0.05, 0.1) is 25.4 Å². The van der Waals surface area contributed by atoms with Crippen LogP contribution in [0.2, 0.25) is 5.02 Å². The summed E-state index contributed by atoms with van der Waals surface area (Å²) in [5.74, 6) is 2.26. The van der Waals surface area contributed by atoms with Crippen molar-refractivity contribution in [3.8, 4) is 28.5 Å². The maximum Gasteiger partial charge on any atom is 0.257 e. The van der Waals surface area contributed by atoms with Crippen molar-refractivity contribution in [3.05, 3.63) is 59.6 Å². The zero-order valence-electron chi connectivity index (χ0n) is 20.5. The third-order valence-electron chi connectivity index (χ3n) is 5.39. The Morgan fingerprint density at radius 2 is 1.73 bits per heavy atom. The summed E-state index contributed by atoms with van der Waals surface area (Å²) in [6.45, 7) is 0.912. The van der Waals surface area contributed by atoms with E-state index in [1.165, 1.54) is 0 Å². The Bertz CT molecular complexity index is 1380. The van der Waals surface area contributed by atoms with Crippen molar-refractivity contribution in [1.29, 1.82) is 0 Å². The molecule has 1 amide bonds. The van der Waals surface area contributed by atoms with Gasteiger partial charge in [0.25, 0.3) is 5.91 Å². The molecule has 0 spiro atoms. The Labute approximate surface area is 219 Å². The van der Waals surface area contributed by atoms with Gasteiger partial charge in [0.2, 0.25) is 5.95 Å². The number of nitrogens with one attached hydrogen (secondary N) is 2. The van der Waals surface area contributed by atoms with Crippen molar-refractivity contribution in [3.63, 3.8) is 0 Å². The fourth-order valence-electron chi connectivity index (χ4n) is 3.57. The van der Waals surface area contributed by atoms with Crippen LogP contribution in [0.3, 0.4) is 0 Å². The number of nitrogen functional groups attached to an aromatic ring is 1. The molecule has 2 heterocycles. The molecule has 0 aliphatic rings. The predicted molar refractivity (Wildman–Crippen MR) is 143 cm³/mol. The number of hydrogen-bond acceptors (Lipinski definition) is 9. The number of fused-ring (bicyclic) bond motifs is 1. The normalized spacial score (nSPS) is 10.7. The highest BCUT2D eigenvalue weighted by atomic mass is 35.5. The molecule has 0 radical (unpaired) electrons. The minimum absolute atomic E-state index is 0.0784. The molecule has 0 unspecified atom stereocenters. The van der Waals surface area contributed by atoms with E-state index in [4.69, 9.17) is 36.5 Å². The molecule has 0 atom stereocenters. The van der Waals surface area contributed by atoms with Crippen LogP contribution in [0.4, 0.5) is 11.8 Å². The molecule has 0 saturated carbocycles. The summed E-state index contributed by atoms with van der Waals surface area (Å²) in [6.07, 6.45) is 0.646. The molecule has 10 nitrogen and oxygen atoms in total. The molecule has 2 aromatic heterocycles. The van der Waals surface area contributed by atoms with E-state index < -0.39 is 0 Å². The molecule has 37 heavy (non-hydrogen) atoms. The smallest absolute Gasteiger partial charge is 0.257 e. The molecule has 2 aromatic carbocycles. The van der Waals surface area contributed by atoms with E-state index in [0.29, 0.717) is 58.6 Å². The number of nitrogens with zero attached hydrogens (tertiary/aromatic N) is 3. The van der Waals surface area contributed by atoms with Crippen LogP contribution in [0, 0.1) is 0 Å². The first kappa shape index (κ1) is 25.8. The molecule has 0 bridgehead atoms. The predicted octanol–water partition coefficient (Wildman–Crippen LogP) is 3.94. The highest BCUT2D eigenvalue weighted by Crippen LogP contribution is 2.32. The minimum atomic E-state index is -0.215. The average Bonchev–Trinajstić information content (AvgIpc) is 2.91. The number of nitrogens with two attached hydrogens (primary N) is 1. The Morgan fingerprint density at radius 1 is 0.946 bits per heavy atom. The van der Waals surface area contributed by atoms with Gasteiger partial charge >= 0.3 is 0 Å². The third kappa shape index (κ3) is 6.68. The van der Waals surface area contributed by atoms with Crippen LogP contribution in [-0.4, -0.2) is 54.8 Å². The number of amides is 1. The molecule has 4 aromatic rings. The molecular weight excluding hydrogens is 496 g/mol. The van der Waals surface area contributed by atoms with E-state index in [1.807, 2.05) is 30.3 Å². The van der Waals surface area contributed by atoms with Crippen molar-refractivity contribution >= 4 is 40.3 Å². The van der Waals surface area contributed by atoms with E-state index in [-0.39, 0.29) is 18.5 Å². The number of rotatable bonds is 11. The number of carbonyl (C=O) groups is 1. The van der Waals surface area contributed by atoms with Crippen LogP contribution in [-0.2, 0) is 4.79 Å². The van der Waals surface area contributed by atoms with Gasteiger partial charge in [-0.3, -0.25) is 4.79 Å². The van der Waals surface area contributed by atoms with Gasteiger partial charge < -0.3 is 30.6 Å². The molecule has 192 valence electrons. The SMILES string of the molecule is COc1ccc(-c2ccc3nc(N)nc(NCCCNC(=O)COc4ccc(Cl)cc4)c3n2)cc1OC. The maximum atomic E-state index is 12.0. The number of benzene rings is 2. The molecular formula is C26H27ClN6O4. The molecule has 4 rings (SSSR count). The first-order chi connectivity index (χ1) is 18.0. The quantitative estimate of drug-likeness (QED) is 0.250. The summed E-state index contributed by atoms with van der Waals surface area (Å²) in [7, 11) is 3.18. The number of carbonyl (C=O) groups excluding carboxylic acids is 1. The molecule has 0 fully saturated rings. The average molecular weight is 523 g/mol. The van der Waals surface area contributed by atoms with Crippen molar-refractivity contribution in [2.24, 2.45) is 0 Å². The minimum Gasteiger partial charge on any atom is -0.493 e. The number of ether oxygens (including phenoxy) is 3. The highest BCUT2D eigenvalue weighted by Gasteiger charge is 2.12. The molecule has 11 heteroatoms. The van der Waals surface area contributed by atoms with Crippen LogP contribution in [0.25, 0.3) is 22.3 Å². The second kappa shape index (κ2) is 12.1. The zero-order chi connectivity index (χ0) is 26.2. The number of pyridine rings is 1. The standard InChI is InChI=1S/C26H27ClN6O4/c1-35-21-11-4-16(14-22(21)36-2)19-9-10-20-24(31-19)25(33-26(28)32-20)30-13-3-12-29-23(34)15-37-18-7-5-17(27)6-8-18/h4-11,14H,3,12-13,15H2,1-2H3,(H,29,34)(H3,28,30,32,33). The van der Waals surface area contributed by atoms with Gasteiger partial charge in [-0.05, 0) is 61.0 Å². The van der Waals surface area contributed by atoms with Crippen molar-refractivity contribution in [2.75, 3.05) is 45.0 Å². The first-order valence-corrected chi connectivity index (χ1v) is 11.9. The summed E-state index contributed by atoms with van der Waals surface area (Å²) in [5.41, 5.74) is 8.68. The van der Waals surface area contributed by atoms with Gasteiger partial charge in [0.15, 0.2) is 23.9 Å². The van der Waals surface area contributed by atoms with Gasteiger partial charge in [-0.1, -0.05) is 11.6 Å². The molecule has 0 aliphatic heterocycles. The van der Waals surface area contributed by atoms with Gasteiger partial charge in [-0.2, -0.15) is 4.98 Å². The van der Waals surface area contributed by atoms with Crippen molar-refractivity contribution in [2.45, 2.75) is 6.42 Å². The Hall–Kier alpha value is -4.31. The van der Waals surface area contributed by atoms with Crippen LogP contribution < -0.4 is 30.6 Å². The van der Waals surface area contributed by atoms with Crippen molar-refractivity contribution in [1.82, 2.24) is 20.3 Å². The van der Waals surface area contributed by atoms with E-state index >= 15 is 0 Å². The lowest BCUT2D eigenvalue weighted by Gasteiger charge is -2.12. The monoisotopic (exact) mass is 522 g/mol. The van der Waals surface area contributed by atoms with E-state index in [2.05, 4.69) is 20.6 Å². The topological polar surface area (TPSA) is 134 Å². The van der Waals surface area contributed by atoms with E-state index in [1.54, 1.807) is 38.5 Å². The molecule has 0 saturated heterocycles. The maximum absolute atomic E-state index is 12.0. The largest absolute Gasteiger partial charge is 0.493 e. The van der Waals surface area contributed by atoms with Crippen molar-refractivity contribution < 1.29 is 19.0 Å². The number of aromatic nitrogens is 3. The van der Waals surface area contributed by atoms with E-state index in [9.17, 15) is 4.79 Å². The number of methoxy groups -OCH3 is 2. The summed E-state index contributed by atoms with van der Waals surface area (Å²) in [4.78, 5) is 25.4. The summed E-state index contributed by atoms with van der Waals surface area (Å²) in [6, 6.07) is 16.1. The molecule has 4 N–H and O–H groups in total. The zero-order valence-corrected chi connectivity index (χ0v) is 21.2. The fourth-order valence-corrected chi connectivity index (χ4v) is 3.69. The Balaban J connectivity index is 1.36. The van der Waals surface area contributed by atoms with Gasteiger partial charge in [-0.15, -0.1) is 0 Å². The number of hydrogen-bond donors (Lipinski definition) is 3. The van der Waals surface area contributed by atoms with Gasteiger partial charge in [0, 0.05) is 23.7 Å². The number of halogens is 1. The fraction of sp³-hybridized carbons (Fsp3) is 0.231. The molecule has 0 aliphatic carbocycles. The number of anilines is 2. The van der Waals surface area contributed by atoms with Gasteiger partial charge in [-0.25, -0.2) is 9.97 Å². The Morgan fingerprint density at radius 3 is 2.49 bits per heavy atom. The van der Waals surface area contributed by atoms with Gasteiger partial charge in [0.1, 0.15) is 11.3 Å². The van der Waals surface area contributed by atoms with Crippen LogP contribution in [0.5, 0.6) is 17.2 Å². The first-order valence-electron chi connectivity index (χ1n) is 11.5. The van der Waals surface area contributed by atoms with Crippen LogP contribution in [0.15, 0.2) is 54.6 Å².